The molecule has 0 saturated heterocycles. The van der Waals surface area contributed by atoms with Crippen molar-refractivity contribution in [3.63, 3.8) is 0 Å². The third kappa shape index (κ3) is 2.55. The second kappa shape index (κ2) is 6.02. The molecule has 0 aliphatic rings. The van der Waals surface area contributed by atoms with Crippen molar-refractivity contribution in [2.24, 2.45) is 0 Å². The quantitative estimate of drug-likeness (QED) is 0.554. The number of hydrogen-bond donors (Lipinski definition) is 0. The molecular formula is C21H15N3. The lowest BCUT2D eigenvalue weighted by Crippen LogP contribution is -2.02. The summed E-state index contributed by atoms with van der Waals surface area (Å²) in [6.07, 6.45) is 0. The fraction of sp³-hybridized carbons (Fsp3) is 0.0476. The standard InChI is InChI=1S/C21H15N3/c22-14-16-10-12-17(13-11-16)15-24-20-9-5-4-8-19(20)23-21(24)18-6-2-1-3-7-18/h1-13H,15H2. The van der Waals surface area contributed by atoms with Crippen LogP contribution in [0.2, 0.25) is 0 Å². The van der Waals surface area contributed by atoms with E-state index in [2.05, 4.69) is 28.8 Å². The average Bonchev–Trinajstić information content (AvgIpc) is 3.02. The molecule has 0 aliphatic carbocycles. The third-order valence-corrected chi connectivity index (χ3v) is 4.11. The van der Waals surface area contributed by atoms with Crippen LogP contribution in [0.4, 0.5) is 0 Å². The van der Waals surface area contributed by atoms with Gasteiger partial charge >= 0.3 is 0 Å². The number of nitrogens with zero attached hydrogens (tertiary/aromatic N) is 3. The normalized spacial score (nSPS) is 10.6. The van der Waals surface area contributed by atoms with Gasteiger partial charge in [0.25, 0.3) is 0 Å². The van der Waals surface area contributed by atoms with Crippen LogP contribution in [-0.4, -0.2) is 9.55 Å². The van der Waals surface area contributed by atoms with Gasteiger partial charge in [0.05, 0.1) is 22.7 Å². The van der Waals surface area contributed by atoms with Crippen LogP contribution >= 0.6 is 0 Å². The number of benzene rings is 3. The zero-order chi connectivity index (χ0) is 16.4. The molecule has 0 unspecified atom stereocenters. The van der Waals surface area contributed by atoms with E-state index in [4.69, 9.17) is 10.2 Å². The maximum Gasteiger partial charge on any atom is 0.141 e. The fourth-order valence-corrected chi connectivity index (χ4v) is 2.91. The summed E-state index contributed by atoms with van der Waals surface area (Å²) < 4.78 is 2.23. The number of hydrogen-bond acceptors (Lipinski definition) is 2. The molecule has 0 atom stereocenters. The molecule has 3 aromatic carbocycles. The molecule has 0 N–H and O–H groups in total. The largest absolute Gasteiger partial charge is 0.319 e. The van der Waals surface area contributed by atoms with E-state index >= 15 is 0 Å². The van der Waals surface area contributed by atoms with Gasteiger partial charge in [-0.2, -0.15) is 5.26 Å². The Hall–Kier alpha value is -3.38. The van der Waals surface area contributed by atoms with E-state index < -0.39 is 0 Å². The molecule has 0 radical (unpaired) electrons. The molecule has 3 nitrogen and oxygen atoms in total. The summed E-state index contributed by atoms with van der Waals surface area (Å²) >= 11 is 0. The molecule has 4 rings (SSSR count). The second-order valence-corrected chi connectivity index (χ2v) is 5.69. The molecule has 0 fully saturated rings. The Morgan fingerprint density at radius 2 is 1.54 bits per heavy atom. The molecule has 24 heavy (non-hydrogen) atoms. The van der Waals surface area contributed by atoms with E-state index in [0.717, 1.165) is 34.5 Å². The summed E-state index contributed by atoms with van der Waals surface area (Å²) in [7, 11) is 0. The first kappa shape index (κ1) is 14.2. The van der Waals surface area contributed by atoms with E-state index in [1.807, 2.05) is 60.7 Å². The van der Waals surface area contributed by atoms with Gasteiger partial charge in [-0.3, -0.25) is 0 Å². The smallest absolute Gasteiger partial charge is 0.141 e. The number of fused-ring (bicyclic) bond motifs is 1. The van der Waals surface area contributed by atoms with E-state index in [1.54, 1.807) is 0 Å². The monoisotopic (exact) mass is 309 g/mol. The van der Waals surface area contributed by atoms with Gasteiger partial charge in [0.1, 0.15) is 5.82 Å². The minimum atomic E-state index is 0.678. The lowest BCUT2D eigenvalue weighted by molar-refractivity contribution is 0.834. The van der Waals surface area contributed by atoms with E-state index in [0.29, 0.717) is 5.56 Å². The first-order valence-corrected chi connectivity index (χ1v) is 7.85. The summed E-state index contributed by atoms with van der Waals surface area (Å²) in [6.45, 7) is 0.719. The Bertz CT molecular complexity index is 1020. The van der Waals surface area contributed by atoms with Crippen LogP contribution in [0, 0.1) is 11.3 Å². The third-order valence-electron chi connectivity index (χ3n) is 4.11. The Kier molecular flexibility index (Phi) is 3.57. The van der Waals surface area contributed by atoms with Crippen molar-refractivity contribution in [2.75, 3.05) is 0 Å². The van der Waals surface area contributed by atoms with Crippen molar-refractivity contribution in [1.82, 2.24) is 9.55 Å². The Balaban J connectivity index is 1.84. The van der Waals surface area contributed by atoms with Gasteiger partial charge in [-0.15, -0.1) is 0 Å². The molecule has 3 heteroatoms. The van der Waals surface area contributed by atoms with Crippen molar-refractivity contribution >= 4 is 11.0 Å². The van der Waals surface area contributed by atoms with E-state index in [-0.39, 0.29) is 0 Å². The molecule has 4 aromatic rings. The van der Waals surface area contributed by atoms with Gasteiger partial charge in [-0.25, -0.2) is 4.98 Å². The summed E-state index contributed by atoms with van der Waals surface area (Å²) in [4.78, 5) is 4.82. The number of para-hydroxylation sites is 2. The van der Waals surface area contributed by atoms with Crippen LogP contribution in [0.15, 0.2) is 78.9 Å². The average molecular weight is 309 g/mol. The second-order valence-electron chi connectivity index (χ2n) is 5.69. The first-order chi connectivity index (χ1) is 11.8. The molecule has 0 aliphatic heterocycles. The van der Waals surface area contributed by atoms with Gasteiger partial charge in [0.2, 0.25) is 0 Å². The molecule has 1 heterocycles. The van der Waals surface area contributed by atoms with E-state index in [9.17, 15) is 0 Å². The Morgan fingerprint density at radius 3 is 2.29 bits per heavy atom. The molecule has 0 saturated carbocycles. The number of nitriles is 1. The van der Waals surface area contributed by atoms with Crippen LogP contribution in [0.5, 0.6) is 0 Å². The SMILES string of the molecule is N#Cc1ccc(Cn2c(-c3ccccc3)nc3ccccc32)cc1. The minimum absolute atomic E-state index is 0.678. The van der Waals surface area contributed by atoms with Gasteiger partial charge in [0.15, 0.2) is 0 Å². The number of aromatic nitrogens is 2. The fourth-order valence-electron chi connectivity index (χ4n) is 2.91. The zero-order valence-electron chi connectivity index (χ0n) is 13.1. The Labute approximate surface area is 140 Å². The summed E-state index contributed by atoms with van der Waals surface area (Å²) in [5.74, 6) is 0.959. The van der Waals surface area contributed by atoms with Crippen molar-refractivity contribution in [2.45, 2.75) is 6.54 Å². The van der Waals surface area contributed by atoms with Crippen LogP contribution in [0.25, 0.3) is 22.4 Å². The summed E-state index contributed by atoms with van der Waals surface area (Å²) in [5.41, 5.74) is 5.03. The predicted molar refractivity (Wildman–Crippen MR) is 95.4 cm³/mol. The van der Waals surface area contributed by atoms with Gasteiger partial charge in [-0.1, -0.05) is 54.6 Å². The van der Waals surface area contributed by atoms with Crippen LogP contribution < -0.4 is 0 Å². The highest BCUT2D eigenvalue weighted by Crippen LogP contribution is 2.25. The van der Waals surface area contributed by atoms with Crippen molar-refractivity contribution < 1.29 is 0 Å². The highest BCUT2D eigenvalue weighted by Gasteiger charge is 2.12. The zero-order valence-corrected chi connectivity index (χ0v) is 13.1. The summed E-state index contributed by atoms with van der Waals surface area (Å²) in [6, 6.07) is 28.3. The maximum absolute atomic E-state index is 8.95. The number of imidazole rings is 1. The van der Waals surface area contributed by atoms with Crippen LogP contribution in [-0.2, 0) is 6.54 Å². The Morgan fingerprint density at radius 1 is 0.833 bits per heavy atom. The van der Waals surface area contributed by atoms with Crippen molar-refractivity contribution in [3.8, 4) is 17.5 Å². The topological polar surface area (TPSA) is 41.6 Å². The maximum atomic E-state index is 8.95. The molecule has 1 aromatic heterocycles. The van der Waals surface area contributed by atoms with Crippen molar-refractivity contribution in [3.05, 3.63) is 90.0 Å². The minimum Gasteiger partial charge on any atom is -0.319 e. The molecule has 0 spiro atoms. The molecule has 0 bridgehead atoms. The highest BCUT2D eigenvalue weighted by molar-refractivity contribution is 5.80. The molecule has 0 amide bonds. The molecule has 114 valence electrons. The van der Waals surface area contributed by atoms with Crippen molar-refractivity contribution in [1.29, 1.82) is 5.26 Å². The number of rotatable bonds is 3. The lowest BCUT2D eigenvalue weighted by atomic mass is 10.1. The van der Waals surface area contributed by atoms with Crippen LogP contribution in [0.1, 0.15) is 11.1 Å². The van der Waals surface area contributed by atoms with Crippen LogP contribution in [0.3, 0.4) is 0 Å². The first-order valence-electron chi connectivity index (χ1n) is 7.85. The van der Waals surface area contributed by atoms with Gasteiger partial charge < -0.3 is 4.57 Å². The molecular weight excluding hydrogens is 294 g/mol. The predicted octanol–water partition coefficient (Wildman–Crippen LogP) is 4.62. The van der Waals surface area contributed by atoms with Gasteiger partial charge in [-0.05, 0) is 29.8 Å². The highest BCUT2D eigenvalue weighted by atomic mass is 15.1. The van der Waals surface area contributed by atoms with Gasteiger partial charge in [0, 0.05) is 12.1 Å². The van der Waals surface area contributed by atoms with E-state index in [1.165, 1.54) is 0 Å². The summed E-state index contributed by atoms with van der Waals surface area (Å²) in [5, 5.41) is 8.95. The lowest BCUT2D eigenvalue weighted by Gasteiger charge is -2.10.